The van der Waals surface area contributed by atoms with Crippen LogP contribution in [0, 0.1) is 18.2 Å². The lowest BCUT2D eigenvalue weighted by atomic mass is 10.3. The zero-order valence-corrected chi connectivity index (χ0v) is 8.71. The first-order valence-electron chi connectivity index (χ1n) is 3.94. The first kappa shape index (κ1) is 12.2. The minimum absolute atomic E-state index is 0.0769. The van der Waals surface area contributed by atoms with Crippen molar-refractivity contribution in [1.29, 1.82) is 0 Å². The molecule has 3 N–H and O–H groups in total. The zero-order chi connectivity index (χ0) is 12.3. The van der Waals surface area contributed by atoms with Gasteiger partial charge in [-0.2, -0.15) is 0 Å². The summed E-state index contributed by atoms with van der Waals surface area (Å²) in [4.78, 5) is 10.4. The van der Waals surface area contributed by atoms with Gasteiger partial charge in [0.05, 0.1) is 4.90 Å². The molecule has 0 bridgehead atoms. The highest BCUT2D eigenvalue weighted by molar-refractivity contribution is 7.89. The molecule has 16 heavy (non-hydrogen) atoms. The van der Waals surface area contributed by atoms with Crippen molar-refractivity contribution in [1.82, 2.24) is 0 Å². The number of benzene rings is 1. The van der Waals surface area contributed by atoms with Crippen molar-refractivity contribution in [2.45, 2.75) is 4.90 Å². The number of carbonyl (C=O) groups is 1. The Kier molecular flexibility index (Phi) is 3.27. The van der Waals surface area contributed by atoms with Crippen LogP contribution in [0.25, 0.3) is 0 Å². The maximum Gasteiger partial charge on any atom is 0.300 e. The highest BCUT2D eigenvalue weighted by Crippen LogP contribution is 2.16. The molecular formula is C9H7FN2O3S. The maximum atomic E-state index is 13.0. The minimum atomic E-state index is -4.03. The molecule has 1 aromatic carbocycles. The summed E-state index contributed by atoms with van der Waals surface area (Å²) >= 11 is 0. The summed E-state index contributed by atoms with van der Waals surface area (Å²) in [6.45, 7) is 0. The summed E-state index contributed by atoms with van der Waals surface area (Å²) in [5, 5.41) is 6.92. The van der Waals surface area contributed by atoms with Crippen LogP contribution in [0.15, 0.2) is 23.1 Å². The predicted octanol–water partition coefficient (Wildman–Crippen LogP) is 0.0448. The van der Waals surface area contributed by atoms with Crippen molar-refractivity contribution in [3.8, 4) is 12.3 Å². The van der Waals surface area contributed by atoms with Crippen LogP contribution in [0.4, 0.5) is 10.1 Å². The molecule has 0 aliphatic heterocycles. The molecule has 0 fully saturated rings. The number of hydrogen-bond donors (Lipinski definition) is 2. The van der Waals surface area contributed by atoms with Gasteiger partial charge in [0.1, 0.15) is 5.82 Å². The highest BCUT2D eigenvalue weighted by Gasteiger charge is 2.11. The molecular weight excluding hydrogens is 235 g/mol. The molecule has 0 unspecified atom stereocenters. The van der Waals surface area contributed by atoms with Crippen LogP contribution in [0.1, 0.15) is 0 Å². The lowest BCUT2D eigenvalue weighted by Gasteiger charge is -2.04. The zero-order valence-electron chi connectivity index (χ0n) is 7.90. The first-order valence-corrected chi connectivity index (χ1v) is 5.48. The topological polar surface area (TPSA) is 89.3 Å². The fourth-order valence-corrected chi connectivity index (χ4v) is 1.53. The second-order valence-corrected chi connectivity index (χ2v) is 4.38. The number of carbonyl (C=O) groups excluding carboxylic acids is 1. The average Bonchev–Trinajstić information content (AvgIpc) is 2.15. The van der Waals surface area contributed by atoms with Crippen LogP contribution in [-0.4, -0.2) is 14.3 Å². The number of halogens is 1. The third-order valence-corrected chi connectivity index (χ3v) is 2.48. The van der Waals surface area contributed by atoms with E-state index < -0.39 is 26.6 Å². The van der Waals surface area contributed by atoms with Gasteiger partial charge < -0.3 is 5.32 Å². The Morgan fingerprint density at radius 2 is 2.06 bits per heavy atom. The van der Waals surface area contributed by atoms with E-state index in [1.807, 2.05) is 0 Å². The Labute approximate surface area is 91.5 Å². The second-order valence-electron chi connectivity index (χ2n) is 2.82. The van der Waals surface area contributed by atoms with Gasteiger partial charge in [-0.3, -0.25) is 4.79 Å². The van der Waals surface area contributed by atoms with E-state index in [1.54, 1.807) is 5.92 Å². The number of amides is 1. The summed E-state index contributed by atoms with van der Waals surface area (Å²) in [6, 6.07) is 2.67. The summed E-state index contributed by atoms with van der Waals surface area (Å²) < 4.78 is 34.9. The molecule has 0 aliphatic rings. The molecule has 84 valence electrons. The van der Waals surface area contributed by atoms with Gasteiger partial charge in [0.25, 0.3) is 5.91 Å². The van der Waals surface area contributed by atoms with E-state index in [0.717, 1.165) is 18.2 Å². The van der Waals surface area contributed by atoms with Crippen LogP contribution in [-0.2, 0) is 14.8 Å². The molecule has 1 amide bonds. The largest absolute Gasteiger partial charge is 0.315 e. The molecule has 0 heterocycles. The highest BCUT2D eigenvalue weighted by atomic mass is 32.2. The van der Waals surface area contributed by atoms with Crippen molar-refractivity contribution >= 4 is 21.6 Å². The number of sulfonamides is 1. The van der Waals surface area contributed by atoms with E-state index in [-0.39, 0.29) is 5.69 Å². The van der Waals surface area contributed by atoms with Gasteiger partial charge in [-0.15, -0.1) is 6.42 Å². The van der Waals surface area contributed by atoms with Gasteiger partial charge in [0.15, 0.2) is 0 Å². The monoisotopic (exact) mass is 242 g/mol. The maximum absolute atomic E-state index is 13.0. The average molecular weight is 242 g/mol. The SMILES string of the molecule is C#CC(=O)Nc1cc(F)cc(S(N)(=O)=O)c1. The van der Waals surface area contributed by atoms with E-state index in [0.29, 0.717) is 0 Å². The third kappa shape index (κ3) is 3.05. The molecule has 0 radical (unpaired) electrons. The van der Waals surface area contributed by atoms with Crippen LogP contribution in [0.3, 0.4) is 0 Å². The minimum Gasteiger partial charge on any atom is -0.315 e. The Balaban J connectivity index is 3.20. The molecule has 1 rings (SSSR count). The third-order valence-electron chi connectivity index (χ3n) is 1.59. The van der Waals surface area contributed by atoms with Gasteiger partial charge in [-0.25, -0.2) is 17.9 Å². The van der Waals surface area contributed by atoms with E-state index in [4.69, 9.17) is 11.6 Å². The van der Waals surface area contributed by atoms with Gasteiger partial charge in [-0.05, 0) is 24.1 Å². The van der Waals surface area contributed by atoms with Crippen LogP contribution in [0.2, 0.25) is 0 Å². The fraction of sp³-hybridized carbons (Fsp3) is 0. The molecule has 0 saturated heterocycles. The first-order chi connectivity index (χ1) is 7.32. The molecule has 0 aromatic heterocycles. The number of primary sulfonamides is 1. The molecule has 0 spiro atoms. The molecule has 7 heteroatoms. The number of nitrogens with two attached hydrogens (primary N) is 1. The quantitative estimate of drug-likeness (QED) is 0.718. The predicted molar refractivity (Wildman–Crippen MR) is 55.2 cm³/mol. The number of rotatable bonds is 2. The summed E-state index contributed by atoms with van der Waals surface area (Å²) in [5.74, 6) is 0.0757. The molecule has 0 saturated carbocycles. The van der Waals surface area contributed by atoms with Gasteiger partial charge in [-0.1, -0.05) is 0 Å². The second kappa shape index (κ2) is 4.30. The van der Waals surface area contributed by atoms with Crippen LogP contribution in [0.5, 0.6) is 0 Å². The summed E-state index contributed by atoms with van der Waals surface area (Å²) in [5.41, 5.74) is -0.0769. The van der Waals surface area contributed by atoms with E-state index in [9.17, 15) is 17.6 Å². The summed E-state index contributed by atoms with van der Waals surface area (Å²) in [6.07, 6.45) is 4.78. The van der Waals surface area contributed by atoms with E-state index in [2.05, 4.69) is 5.32 Å². The smallest absolute Gasteiger partial charge is 0.300 e. The van der Waals surface area contributed by atoms with Crippen molar-refractivity contribution in [2.24, 2.45) is 5.14 Å². The lowest BCUT2D eigenvalue weighted by molar-refractivity contribution is -0.111. The molecule has 0 aliphatic carbocycles. The normalized spacial score (nSPS) is 10.6. The fourth-order valence-electron chi connectivity index (χ4n) is 0.966. The van der Waals surface area contributed by atoms with Crippen molar-refractivity contribution < 1.29 is 17.6 Å². The van der Waals surface area contributed by atoms with Gasteiger partial charge in [0, 0.05) is 5.69 Å². The Hall–Kier alpha value is -1.91. The van der Waals surface area contributed by atoms with E-state index >= 15 is 0 Å². The van der Waals surface area contributed by atoms with Crippen LogP contribution < -0.4 is 10.5 Å². The molecule has 0 atom stereocenters. The Morgan fingerprint density at radius 3 is 2.56 bits per heavy atom. The lowest BCUT2D eigenvalue weighted by Crippen LogP contribution is -2.14. The van der Waals surface area contributed by atoms with E-state index in [1.165, 1.54) is 0 Å². The Bertz CT molecular complexity index is 575. The number of nitrogens with one attached hydrogen (secondary N) is 1. The van der Waals surface area contributed by atoms with Crippen molar-refractivity contribution in [3.05, 3.63) is 24.0 Å². The molecule has 1 aromatic rings. The number of hydrogen-bond acceptors (Lipinski definition) is 3. The molecule has 5 nitrogen and oxygen atoms in total. The van der Waals surface area contributed by atoms with Crippen molar-refractivity contribution in [3.63, 3.8) is 0 Å². The Morgan fingerprint density at radius 1 is 1.44 bits per heavy atom. The van der Waals surface area contributed by atoms with Gasteiger partial charge in [0.2, 0.25) is 10.0 Å². The van der Waals surface area contributed by atoms with Crippen molar-refractivity contribution in [2.75, 3.05) is 5.32 Å². The van der Waals surface area contributed by atoms with Gasteiger partial charge >= 0.3 is 0 Å². The number of anilines is 1. The number of terminal acetylenes is 1. The standard InChI is InChI=1S/C9H7FN2O3S/c1-2-9(13)12-7-3-6(10)4-8(5-7)16(11,14)15/h1,3-5H,(H,12,13)(H2,11,14,15). The summed E-state index contributed by atoms with van der Waals surface area (Å²) in [7, 11) is -4.03. The van der Waals surface area contributed by atoms with Crippen LogP contribution >= 0.6 is 0 Å².